The first-order valence-corrected chi connectivity index (χ1v) is 7.94. The van der Waals surface area contributed by atoms with Gasteiger partial charge in [-0.15, -0.1) is 0 Å². The Morgan fingerprint density at radius 1 is 1.05 bits per heavy atom. The molecule has 22 heavy (non-hydrogen) atoms. The van der Waals surface area contributed by atoms with Gasteiger partial charge in [-0.3, -0.25) is 4.98 Å². The highest BCUT2D eigenvalue weighted by atomic mass is 32.1. The number of benzene rings is 1. The first kappa shape index (κ1) is 13.4. The lowest BCUT2D eigenvalue weighted by molar-refractivity contribution is 0.634. The van der Waals surface area contributed by atoms with Gasteiger partial charge in [0.25, 0.3) is 0 Å². The lowest BCUT2D eigenvalue weighted by atomic mass is 10.3. The summed E-state index contributed by atoms with van der Waals surface area (Å²) in [5, 5.41) is 0.888. The molecule has 5 nitrogen and oxygen atoms in total. The van der Waals surface area contributed by atoms with Crippen molar-refractivity contribution >= 4 is 32.5 Å². The van der Waals surface area contributed by atoms with Crippen LogP contribution in [0.15, 0.2) is 36.8 Å². The molecule has 0 radical (unpaired) electrons. The number of aromatic nitrogens is 3. The van der Waals surface area contributed by atoms with E-state index in [9.17, 15) is 4.39 Å². The van der Waals surface area contributed by atoms with E-state index in [0.29, 0.717) is 5.52 Å². The van der Waals surface area contributed by atoms with Gasteiger partial charge in [0.1, 0.15) is 17.2 Å². The largest absolute Gasteiger partial charge is 0.352 e. The van der Waals surface area contributed by atoms with Gasteiger partial charge >= 0.3 is 0 Å². The molecule has 1 saturated heterocycles. The van der Waals surface area contributed by atoms with Crippen molar-refractivity contribution in [2.45, 2.75) is 0 Å². The van der Waals surface area contributed by atoms with Crippen LogP contribution in [0, 0.1) is 5.82 Å². The second kappa shape index (κ2) is 5.49. The molecule has 0 unspecified atom stereocenters. The van der Waals surface area contributed by atoms with Crippen LogP contribution < -0.4 is 9.80 Å². The number of anilines is 2. The predicted octanol–water partition coefficient (Wildman–Crippen LogP) is 2.55. The van der Waals surface area contributed by atoms with Gasteiger partial charge in [0, 0.05) is 38.6 Å². The number of piperazine rings is 1. The van der Waals surface area contributed by atoms with Crippen molar-refractivity contribution in [2.24, 2.45) is 0 Å². The van der Waals surface area contributed by atoms with Gasteiger partial charge in [-0.05, 0) is 12.1 Å². The first-order chi connectivity index (χ1) is 10.8. The summed E-state index contributed by atoms with van der Waals surface area (Å²) in [6.07, 6.45) is 5.16. The van der Waals surface area contributed by atoms with Crippen LogP contribution >= 0.6 is 11.3 Å². The van der Waals surface area contributed by atoms with Crippen molar-refractivity contribution in [3.8, 4) is 0 Å². The van der Waals surface area contributed by atoms with Gasteiger partial charge in [-0.2, -0.15) is 0 Å². The van der Waals surface area contributed by atoms with E-state index in [1.807, 2.05) is 6.07 Å². The molecule has 7 heteroatoms. The standard InChI is InChI=1S/C15H14FN5S/c16-11-2-1-3-12-14(11)19-15(22-12)21-8-6-20(7-9-21)13-10-17-4-5-18-13/h1-5,10H,6-9H2. The zero-order valence-electron chi connectivity index (χ0n) is 11.8. The fourth-order valence-electron chi connectivity index (χ4n) is 2.62. The maximum absolute atomic E-state index is 13.8. The normalized spacial score (nSPS) is 15.5. The average molecular weight is 315 g/mol. The topological polar surface area (TPSA) is 45.2 Å². The van der Waals surface area contributed by atoms with Crippen LogP contribution in [0.4, 0.5) is 15.3 Å². The molecule has 0 aliphatic carbocycles. The Hall–Kier alpha value is -2.28. The number of para-hydroxylation sites is 1. The van der Waals surface area contributed by atoms with Crippen molar-refractivity contribution in [3.05, 3.63) is 42.6 Å². The number of hydrogen-bond acceptors (Lipinski definition) is 6. The number of halogens is 1. The molecule has 1 aliphatic heterocycles. The zero-order chi connectivity index (χ0) is 14.9. The predicted molar refractivity (Wildman–Crippen MR) is 86.0 cm³/mol. The zero-order valence-corrected chi connectivity index (χ0v) is 12.6. The van der Waals surface area contributed by atoms with E-state index in [4.69, 9.17) is 0 Å². The molecule has 4 rings (SSSR count). The molecule has 0 atom stereocenters. The van der Waals surface area contributed by atoms with E-state index in [1.165, 1.54) is 6.07 Å². The second-order valence-electron chi connectivity index (χ2n) is 5.12. The Morgan fingerprint density at radius 3 is 2.59 bits per heavy atom. The Morgan fingerprint density at radius 2 is 1.86 bits per heavy atom. The summed E-state index contributed by atoms with van der Waals surface area (Å²) in [6.45, 7) is 3.41. The second-order valence-corrected chi connectivity index (χ2v) is 6.13. The van der Waals surface area contributed by atoms with Gasteiger partial charge < -0.3 is 9.80 Å². The van der Waals surface area contributed by atoms with E-state index in [-0.39, 0.29) is 5.82 Å². The monoisotopic (exact) mass is 315 g/mol. The Balaban J connectivity index is 1.52. The van der Waals surface area contributed by atoms with Crippen molar-refractivity contribution in [1.29, 1.82) is 0 Å². The third kappa shape index (κ3) is 2.37. The third-order valence-electron chi connectivity index (χ3n) is 3.78. The molecule has 0 saturated carbocycles. The van der Waals surface area contributed by atoms with Crippen LogP contribution in [-0.2, 0) is 0 Å². The summed E-state index contributed by atoms with van der Waals surface area (Å²) in [7, 11) is 0. The Labute approximate surface area is 131 Å². The van der Waals surface area contributed by atoms with E-state index < -0.39 is 0 Å². The van der Waals surface area contributed by atoms with E-state index in [2.05, 4.69) is 24.8 Å². The van der Waals surface area contributed by atoms with Crippen molar-refractivity contribution in [3.63, 3.8) is 0 Å². The Bertz CT molecular complexity index is 783. The first-order valence-electron chi connectivity index (χ1n) is 7.12. The summed E-state index contributed by atoms with van der Waals surface area (Å²) < 4.78 is 14.6. The molecule has 3 heterocycles. The Kier molecular flexibility index (Phi) is 3.34. The quantitative estimate of drug-likeness (QED) is 0.727. The third-order valence-corrected chi connectivity index (χ3v) is 4.86. The maximum atomic E-state index is 13.8. The number of hydrogen-bond donors (Lipinski definition) is 0. The van der Waals surface area contributed by atoms with E-state index in [0.717, 1.165) is 41.8 Å². The minimum absolute atomic E-state index is 0.252. The van der Waals surface area contributed by atoms with Crippen LogP contribution in [-0.4, -0.2) is 41.1 Å². The minimum Gasteiger partial charge on any atom is -0.352 e. The van der Waals surface area contributed by atoms with Crippen LogP contribution in [0.1, 0.15) is 0 Å². The highest BCUT2D eigenvalue weighted by Gasteiger charge is 2.21. The van der Waals surface area contributed by atoms with Gasteiger partial charge in [0.2, 0.25) is 0 Å². The molecule has 1 aromatic carbocycles. The van der Waals surface area contributed by atoms with Crippen molar-refractivity contribution in [2.75, 3.05) is 36.0 Å². The summed E-state index contributed by atoms with van der Waals surface area (Å²) in [5.41, 5.74) is 0.471. The number of fused-ring (bicyclic) bond motifs is 1. The lowest BCUT2D eigenvalue weighted by Crippen LogP contribution is -2.46. The highest BCUT2D eigenvalue weighted by molar-refractivity contribution is 7.22. The lowest BCUT2D eigenvalue weighted by Gasteiger charge is -2.34. The summed E-state index contributed by atoms with van der Waals surface area (Å²) >= 11 is 1.54. The van der Waals surface area contributed by atoms with Crippen LogP contribution in [0.25, 0.3) is 10.2 Å². The fourth-order valence-corrected chi connectivity index (χ4v) is 3.65. The fraction of sp³-hybridized carbons (Fsp3) is 0.267. The van der Waals surface area contributed by atoms with Crippen molar-refractivity contribution in [1.82, 2.24) is 15.0 Å². The molecule has 0 N–H and O–H groups in total. The molecule has 1 fully saturated rings. The average Bonchev–Trinajstić information content (AvgIpc) is 3.02. The smallest absolute Gasteiger partial charge is 0.186 e. The van der Waals surface area contributed by atoms with Crippen LogP contribution in [0.3, 0.4) is 0 Å². The number of nitrogens with zero attached hydrogens (tertiary/aromatic N) is 5. The molecular weight excluding hydrogens is 301 g/mol. The number of rotatable bonds is 2. The molecule has 0 amide bonds. The SMILES string of the molecule is Fc1cccc2sc(N3CCN(c4cnccn4)CC3)nc12. The molecule has 1 aliphatic rings. The van der Waals surface area contributed by atoms with Crippen LogP contribution in [0.2, 0.25) is 0 Å². The van der Waals surface area contributed by atoms with Crippen LogP contribution in [0.5, 0.6) is 0 Å². The van der Waals surface area contributed by atoms with Crippen molar-refractivity contribution < 1.29 is 4.39 Å². The molecular formula is C15H14FN5S. The number of thiazole rings is 1. The summed E-state index contributed by atoms with van der Waals surface area (Å²) in [5.74, 6) is 0.649. The summed E-state index contributed by atoms with van der Waals surface area (Å²) in [4.78, 5) is 17.3. The van der Waals surface area contributed by atoms with Gasteiger partial charge in [-0.1, -0.05) is 17.4 Å². The molecule has 0 bridgehead atoms. The molecule has 3 aromatic rings. The van der Waals surface area contributed by atoms with E-state index in [1.54, 1.807) is 36.0 Å². The summed E-state index contributed by atoms with van der Waals surface area (Å²) in [6, 6.07) is 5.10. The van der Waals surface area contributed by atoms with Gasteiger partial charge in [-0.25, -0.2) is 14.4 Å². The highest BCUT2D eigenvalue weighted by Crippen LogP contribution is 2.30. The molecule has 112 valence electrons. The van der Waals surface area contributed by atoms with Gasteiger partial charge in [0.15, 0.2) is 5.13 Å². The molecule has 0 spiro atoms. The molecule has 2 aromatic heterocycles. The van der Waals surface area contributed by atoms with E-state index >= 15 is 0 Å². The maximum Gasteiger partial charge on any atom is 0.186 e. The van der Waals surface area contributed by atoms with Gasteiger partial charge in [0.05, 0.1) is 10.9 Å². The minimum atomic E-state index is -0.252.